The summed E-state index contributed by atoms with van der Waals surface area (Å²) in [6.45, 7) is 8.69. The molecule has 112 valence electrons. The fraction of sp³-hybridized carbons (Fsp3) is 0.500. The minimum absolute atomic E-state index is 0.538. The van der Waals surface area contributed by atoms with Crippen molar-refractivity contribution in [2.45, 2.75) is 6.54 Å². The molecule has 0 aliphatic rings. The molecular formula is C16H26N2O2. The van der Waals surface area contributed by atoms with Gasteiger partial charge >= 0.3 is 0 Å². The second-order valence-corrected chi connectivity index (χ2v) is 4.68. The zero-order valence-electron chi connectivity index (χ0n) is 12.6. The molecule has 0 aliphatic carbocycles. The zero-order valence-corrected chi connectivity index (χ0v) is 12.6. The normalized spacial score (nSPS) is 10.8. The van der Waals surface area contributed by atoms with Gasteiger partial charge < -0.3 is 19.7 Å². The van der Waals surface area contributed by atoms with Gasteiger partial charge in [-0.3, -0.25) is 0 Å². The SMILES string of the molecule is C=CCOc1ccccc1CNCCN(C)CCOC. The Balaban J connectivity index is 2.29. The summed E-state index contributed by atoms with van der Waals surface area (Å²) in [7, 11) is 3.83. The van der Waals surface area contributed by atoms with E-state index in [2.05, 4.69) is 29.9 Å². The summed E-state index contributed by atoms with van der Waals surface area (Å²) in [6.07, 6.45) is 1.76. The van der Waals surface area contributed by atoms with Crippen LogP contribution in [0, 0.1) is 0 Å². The van der Waals surface area contributed by atoms with Crippen LogP contribution in [0.3, 0.4) is 0 Å². The predicted octanol–water partition coefficient (Wildman–Crippen LogP) is 1.92. The fourth-order valence-corrected chi connectivity index (χ4v) is 1.79. The summed E-state index contributed by atoms with van der Waals surface area (Å²) in [5.74, 6) is 0.924. The number of para-hydroxylation sites is 1. The minimum atomic E-state index is 0.538. The maximum absolute atomic E-state index is 5.63. The number of benzene rings is 1. The Kier molecular flexibility index (Phi) is 8.71. The van der Waals surface area contributed by atoms with Crippen molar-refractivity contribution in [3.63, 3.8) is 0 Å². The molecule has 0 saturated carbocycles. The minimum Gasteiger partial charge on any atom is -0.489 e. The third kappa shape index (κ3) is 6.70. The molecule has 0 fully saturated rings. The average molecular weight is 278 g/mol. The number of nitrogens with zero attached hydrogens (tertiary/aromatic N) is 1. The van der Waals surface area contributed by atoms with Gasteiger partial charge in [-0.05, 0) is 13.1 Å². The lowest BCUT2D eigenvalue weighted by Crippen LogP contribution is -2.31. The van der Waals surface area contributed by atoms with Crippen molar-refractivity contribution in [1.29, 1.82) is 0 Å². The van der Waals surface area contributed by atoms with Gasteiger partial charge in [0.05, 0.1) is 6.61 Å². The van der Waals surface area contributed by atoms with Crippen molar-refractivity contribution in [2.75, 3.05) is 47.0 Å². The molecule has 20 heavy (non-hydrogen) atoms. The standard InChI is InChI=1S/C16H26N2O2/c1-4-12-20-16-8-6-5-7-15(16)14-17-9-10-18(2)11-13-19-3/h4-8,17H,1,9-14H2,2-3H3. The van der Waals surface area contributed by atoms with Gasteiger partial charge in [-0.25, -0.2) is 0 Å². The molecule has 0 unspecified atom stereocenters. The van der Waals surface area contributed by atoms with Crippen LogP contribution in [0.25, 0.3) is 0 Å². The Hall–Kier alpha value is -1.36. The molecule has 0 radical (unpaired) electrons. The molecule has 4 heteroatoms. The molecule has 1 aromatic rings. The largest absolute Gasteiger partial charge is 0.489 e. The smallest absolute Gasteiger partial charge is 0.124 e. The van der Waals surface area contributed by atoms with Gasteiger partial charge in [-0.1, -0.05) is 30.9 Å². The van der Waals surface area contributed by atoms with Gasteiger partial charge in [0.2, 0.25) is 0 Å². The number of methoxy groups -OCH3 is 1. The number of nitrogens with one attached hydrogen (secondary N) is 1. The second-order valence-electron chi connectivity index (χ2n) is 4.68. The van der Waals surface area contributed by atoms with Gasteiger partial charge in [-0.2, -0.15) is 0 Å². The van der Waals surface area contributed by atoms with E-state index in [0.717, 1.165) is 38.5 Å². The highest BCUT2D eigenvalue weighted by atomic mass is 16.5. The number of rotatable bonds is 11. The molecular weight excluding hydrogens is 252 g/mol. The van der Waals surface area contributed by atoms with Crippen molar-refractivity contribution in [3.05, 3.63) is 42.5 Å². The molecule has 0 aromatic heterocycles. The first-order chi connectivity index (χ1) is 9.77. The summed E-state index contributed by atoms with van der Waals surface area (Å²) < 4.78 is 10.7. The Morgan fingerprint density at radius 3 is 2.85 bits per heavy atom. The van der Waals surface area contributed by atoms with E-state index in [1.165, 1.54) is 5.56 Å². The first kappa shape index (κ1) is 16.7. The van der Waals surface area contributed by atoms with Crippen LogP contribution in [-0.4, -0.2) is 51.9 Å². The van der Waals surface area contributed by atoms with E-state index in [0.29, 0.717) is 6.61 Å². The van der Waals surface area contributed by atoms with Crippen molar-refractivity contribution < 1.29 is 9.47 Å². The van der Waals surface area contributed by atoms with Crippen LogP contribution >= 0.6 is 0 Å². The zero-order chi connectivity index (χ0) is 14.6. The van der Waals surface area contributed by atoms with E-state index < -0.39 is 0 Å². The molecule has 0 aliphatic heterocycles. The van der Waals surface area contributed by atoms with Crippen molar-refractivity contribution in [2.24, 2.45) is 0 Å². The van der Waals surface area contributed by atoms with Crippen LogP contribution in [0.15, 0.2) is 36.9 Å². The average Bonchev–Trinajstić information content (AvgIpc) is 2.48. The molecule has 0 atom stereocenters. The van der Waals surface area contributed by atoms with E-state index >= 15 is 0 Å². The van der Waals surface area contributed by atoms with E-state index in [4.69, 9.17) is 9.47 Å². The van der Waals surface area contributed by atoms with E-state index in [9.17, 15) is 0 Å². The number of hydrogen-bond donors (Lipinski definition) is 1. The third-order valence-electron chi connectivity index (χ3n) is 2.99. The van der Waals surface area contributed by atoms with Crippen LogP contribution in [0.2, 0.25) is 0 Å². The van der Waals surface area contributed by atoms with Gasteiger partial charge in [0.15, 0.2) is 0 Å². The molecule has 4 nitrogen and oxygen atoms in total. The van der Waals surface area contributed by atoms with Crippen LogP contribution in [0.5, 0.6) is 5.75 Å². The highest BCUT2D eigenvalue weighted by molar-refractivity contribution is 5.33. The molecule has 0 heterocycles. The summed E-state index contributed by atoms with van der Waals surface area (Å²) >= 11 is 0. The van der Waals surface area contributed by atoms with E-state index in [-0.39, 0.29) is 0 Å². The summed E-state index contributed by atoms with van der Waals surface area (Å²) in [5.41, 5.74) is 1.17. The Morgan fingerprint density at radius 1 is 1.30 bits per heavy atom. The van der Waals surface area contributed by atoms with E-state index in [1.54, 1.807) is 13.2 Å². The van der Waals surface area contributed by atoms with Crippen molar-refractivity contribution >= 4 is 0 Å². The topological polar surface area (TPSA) is 33.7 Å². The van der Waals surface area contributed by atoms with Gasteiger partial charge in [-0.15, -0.1) is 0 Å². The highest BCUT2D eigenvalue weighted by Gasteiger charge is 2.02. The fourth-order valence-electron chi connectivity index (χ4n) is 1.79. The molecule has 0 saturated heterocycles. The molecule has 0 bridgehead atoms. The van der Waals surface area contributed by atoms with Crippen molar-refractivity contribution in [3.8, 4) is 5.75 Å². The first-order valence-electron chi connectivity index (χ1n) is 6.97. The quantitative estimate of drug-likeness (QED) is 0.495. The second kappa shape index (κ2) is 10.4. The molecule has 1 aromatic carbocycles. The number of likely N-dealkylation sites (N-methyl/N-ethyl adjacent to an activating group) is 1. The lowest BCUT2D eigenvalue weighted by molar-refractivity contribution is 0.161. The summed E-state index contributed by atoms with van der Waals surface area (Å²) in [5, 5.41) is 3.44. The van der Waals surface area contributed by atoms with Crippen LogP contribution in [0.1, 0.15) is 5.56 Å². The van der Waals surface area contributed by atoms with Crippen molar-refractivity contribution in [1.82, 2.24) is 10.2 Å². The Morgan fingerprint density at radius 2 is 2.10 bits per heavy atom. The van der Waals surface area contributed by atoms with Gasteiger partial charge in [0.1, 0.15) is 12.4 Å². The Labute approximate surface area is 122 Å². The lowest BCUT2D eigenvalue weighted by atomic mass is 10.2. The van der Waals surface area contributed by atoms with Crippen LogP contribution in [0.4, 0.5) is 0 Å². The lowest BCUT2D eigenvalue weighted by Gasteiger charge is -2.16. The first-order valence-corrected chi connectivity index (χ1v) is 6.97. The maximum Gasteiger partial charge on any atom is 0.124 e. The summed E-state index contributed by atoms with van der Waals surface area (Å²) in [4.78, 5) is 2.25. The highest BCUT2D eigenvalue weighted by Crippen LogP contribution is 2.17. The monoisotopic (exact) mass is 278 g/mol. The molecule has 1 N–H and O–H groups in total. The van der Waals surface area contributed by atoms with Crippen LogP contribution < -0.4 is 10.1 Å². The third-order valence-corrected chi connectivity index (χ3v) is 2.99. The molecule has 0 spiro atoms. The predicted molar refractivity (Wildman–Crippen MR) is 83.2 cm³/mol. The molecule has 1 rings (SSSR count). The van der Waals surface area contributed by atoms with E-state index in [1.807, 2.05) is 18.2 Å². The van der Waals surface area contributed by atoms with Gasteiger partial charge in [0, 0.05) is 38.9 Å². The maximum atomic E-state index is 5.63. The van der Waals surface area contributed by atoms with Crippen LogP contribution in [-0.2, 0) is 11.3 Å². The van der Waals surface area contributed by atoms with Gasteiger partial charge in [0.25, 0.3) is 0 Å². The number of ether oxygens (including phenoxy) is 2. The number of hydrogen-bond acceptors (Lipinski definition) is 4. The summed E-state index contributed by atoms with van der Waals surface area (Å²) in [6, 6.07) is 8.09. The Bertz CT molecular complexity index is 382. The molecule has 0 amide bonds.